The number of nitrogens with zero attached hydrogens (tertiary/aromatic N) is 2. The summed E-state index contributed by atoms with van der Waals surface area (Å²) in [6.07, 6.45) is 1.62. The van der Waals surface area contributed by atoms with Crippen molar-refractivity contribution in [3.8, 4) is 23.0 Å². The van der Waals surface area contributed by atoms with E-state index in [1.165, 1.54) is 0 Å². The number of nitrogens with one attached hydrogen (secondary N) is 1. The number of fused-ring (bicyclic) bond motifs is 8. The Labute approximate surface area is 196 Å². The highest BCUT2D eigenvalue weighted by Gasteiger charge is 2.73. The van der Waals surface area contributed by atoms with Gasteiger partial charge in [-0.15, -0.1) is 0 Å². The Morgan fingerprint density at radius 3 is 2.18 bits per heavy atom. The molecule has 1 fully saturated rings. The van der Waals surface area contributed by atoms with Crippen LogP contribution in [-0.4, -0.2) is 29.5 Å². The highest BCUT2D eigenvalue weighted by atomic mass is 16.7. The van der Waals surface area contributed by atoms with Gasteiger partial charge in [0.05, 0.1) is 27.8 Å². The van der Waals surface area contributed by atoms with E-state index in [1.54, 1.807) is 0 Å². The smallest absolute Gasteiger partial charge is 0.233 e. The van der Waals surface area contributed by atoms with Crippen molar-refractivity contribution < 1.29 is 23.7 Å². The Kier molecular flexibility index (Phi) is 3.69. The molecule has 8 nitrogen and oxygen atoms in total. The minimum absolute atomic E-state index is 0.00737. The van der Waals surface area contributed by atoms with Crippen LogP contribution in [-0.2, 0) is 22.2 Å². The Morgan fingerprint density at radius 1 is 0.853 bits per heavy atom. The van der Waals surface area contributed by atoms with Crippen LogP contribution in [0.4, 0.5) is 0 Å². The van der Waals surface area contributed by atoms with Crippen molar-refractivity contribution >= 4 is 16.9 Å². The maximum absolute atomic E-state index is 14.0. The van der Waals surface area contributed by atoms with Crippen molar-refractivity contribution in [2.24, 2.45) is 5.41 Å². The molecule has 7 rings (SSSR count). The standard InChI is InChI=1S/C26H25N3O5/c1-24(2)25(3)6-7-26(24,23(30)27-11-14-4-5-17-18(8-14)32-12-31-17)22-21(25)28-15-9-19-20(34-13-33-19)10-16(15)29-22/h4-5,8-10H,6-7,11-13H2,1-3H3,(H,27,30). The summed E-state index contributed by atoms with van der Waals surface area (Å²) in [4.78, 5) is 24.1. The van der Waals surface area contributed by atoms with E-state index in [1.807, 2.05) is 30.3 Å². The van der Waals surface area contributed by atoms with Gasteiger partial charge in [-0.1, -0.05) is 26.8 Å². The highest BCUT2D eigenvalue weighted by molar-refractivity contribution is 5.93. The zero-order valence-electron chi connectivity index (χ0n) is 19.4. The Bertz CT molecular complexity index is 1400. The first-order valence-electron chi connectivity index (χ1n) is 11.6. The van der Waals surface area contributed by atoms with Gasteiger partial charge >= 0.3 is 0 Å². The summed E-state index contributed by atoms with van der Waals surface area (Å²) in [6.45, 7) is 7.41. The predicted molar refractivity (Wildman–Crippen MR) is 122 cm³/mol. The largest absolute Gasteiger partial charge is 0.454 e. The molecule has 2 unspecified atom stereocenters. The molecular formula is C26H25N3O5. The fourth-order valence-corrected chi connectivity index (χ4v) is 6.38. The van der Waals surface area contributed by atoms with Crippen LogP contribution in [0, 0.1) is 5.41 Å². The maximum atomic E-state index is 14.0. The molecule has 2 aromatic carbocycles. The van der Waals surface area contributed by atoms with Gasteiger partial charge in [0.1, 0.15) is 0 Å². The van der Waals surface area contributed by atoms with Gasteiger partial charge in [0.25, 0.3) is 0 Å². The molecule has 8 heteroatoms. The molecule has 174 valence electrons. The van der Waals surface area contributed by atoms with Crippen molar-refractivity contribution in [1.82, 2.24) is 15.3 Å². The number of benzene rings is 2. The molecule has 0 spiro atoms. The van der Waals surface area contributed by atoms with E-state index in [0.717, 1.165) is 46.6 Å². The molecule has 1 saturated carbocycles. The van der Waals surface area contributed by atoms with Gasteiger partial charge in [-0.25, -0.2) is 9.97 Å². The topological polar surface area (TPSA) is 91.8 Å². The SMILES string of the molecule is CC12CCC(C(=O)NCc3ccc4c(c3)OCO4)(c3nc4cc5c(cc4nc31)OCO5)C2(C)C. The van der Waals surface area contributed by atoms with E-state index in [-0.39, 0.29) is 30.3 Å². The number of aromatic nitrogens is 2. The van der Waals surface area contributed by atoms with Crippen LogP contribution in [0.25, 0.3) is 11.0 Å². The maximum Gasteiger partial charge on any atom is 0.233 e. The lowest BCUT2D eigenvalue weighted by Gasteiger charge is -2.39. The lowest BCUT2D eigenvalue weighted by Crippen LogP contribution is -2.51. The molecular weight excluding hydrogens is 434 g/mol. The molecule has 1 N–H and O–H groups in total. The summed E-state index contributed by atoms with van der Waals surface area (Å²) in [6, 6.07) is 9.51. The van der Waals surface area contributed by atoms with Crippen LogP contribution in [0.15, 0.2) is 30.3 Å². The predicted octanol–water partition coefficient (Wildman–Crippen LogP) is 3.73. The van der Waals surface area contributed by atoms with Crippen molar-refractivity contribution in [2.75, 3.05) is 13.6 Å². The van der Waals surface area contributed by atoms with Crippen LogP contribution < -0.4 is 24.3 Å². The Morgan fingerprint density at radius 2 is 1.47 bits per heavy atom. The summed E-state index contributed by atoms with van der Waals surface area (Å²) < 4.78 is 22.0. The average molecular weight is 460 g/mol. The molecule has 2 aliphatic carbocycles. The third-order valence-corrected chi connectivity index (χ3v) is 8.81. The van der Waals surface area contributed by atoms with E-state index in [9.17, 15) is 4.79 Å². The second kappa shape index (κ2) is 6.31. The molecule has 3 aromatic rings. The Hall–Kier alpha value is -3.55. The van der Waals surface area contributed by atoms with E-state index < -0.39 is 5.41 Å². The van der Waals surface area contributed by atoms with Gasteiger partial charge in [-0.3, -0.25) is 4.79 Å². The van der Waals surface area contributed by atoms with Crippen LogP contribution >= 0.6 is 0 Å². The second-order valence-electron chi connectivity index (χ2n) is 10.3. The highest BCUT2D eigenvalue weighted by Crippen LogP contribution is 2.70. The summed E-state index contributed by atoms with van der Waals surface area (Å²) in [5.41, 5.74) is 2.80. The summed E-state index contributed by atoms with van der Waals surface area (Å²) in [5.74, 6) is 2.78. The number of amides is 1. The molecule has 0 radical (unpaired) electrons. The van der Waals surface area contributed by atoms with E-state index in [0.29, 0.717) is 23.8 Å². The van der Waals surface area contributed by atoms with E-state index in [2.05, 4.69) is 26.1 Å². The van der Waals surface area contributed by atoms with Crippen LogP contribution in [0.3, 0.4) is 0 Å². The lowest BCUT2D eigenvalue weighted by molar-refractivity contribution is -0.130. The van der Waals surface area contributed by atoms with Crippen LogP contribution in [0.5, 0.6) is 23.0 Å². The number of hydrogen-bond acceptors (Lipinski definition) is 7. The van der Waals surface area contributed by atoms with Gasteiger partial charge in [0.15, 0.2) is 23.0 Å². The van der Waals surface area contributed by atoms with Crippen molar-refractivity contribution in [3.05, 3.63) is 47.3 Å². The van der Waals surface area contributed by atoms with Crippen LogP contribution in [0.1, 0.15) is 50.6 Å². The lowest BCUT2D eigenvalue weighted by atomic mass is 9.63. The first-order valence-corrected chi connectivity index (χ1v) is 11.6. The summed E-state index contributed by atoms with van der Waals surface area (Å²) in [7, 11) is 0. The zero-order chi connectivity index (χ0) is 23.3. The summed E-state index contributed by atoms with van der Waals surface area (Å²) >= 11 is 0. The van der Waals surface area contributed by atoms with Gasteiger partial charge in [-0.2, -0.15) is 0 Å². The zero-order valence-corrected chi connectivity index (χ0v) is 19.4. The quantitative estimate of drug-likeness (QED) is 0.638. The van der Waals surface area contributed by atoms with E-state index in [4.69, 9.17) is 28.9 Å². The molecule has 3 heterocycles. The average Bonchev–Trinajstić information content (AvgIpc) is 3.55. The van der Waals surface area contributed by atoms with Crippen LogP contribution in [0.2, 0.25) is 0 Å². The number of rotatable bonds is 3. The minimum Gasteiger partial charge on any atom is -0.454 e. The van der Waals surface area contributed by atoms with Crippen molar-refractivity contribution in [1.29, 1.82) is 0 Å². The fourth-order valence-electron chi connectivity index (χ4n) is 6.38. The summed E-state index contributed by atoms with van der Waals surface area (Å²) in [5, 5.41) is 3.21. The second-order valence-corrected chi connectivity index (χ2v) is 10.3. The number of ether oxygens (including phenoxy) is 4. The molecule has 4 aliphatic rings. The third-order valence-electron chi connectivity index (χ3n) is 8.81. The molecule has 1 aromatic heterocycles. The molecule has 0 saturated heterocycles. The monoisotopic (exact) mass is 459 g/mol. The van der Waals surface area contributed by atoms with Gasteiger partial charge in [0, 0.05) is 24.1 Å². The number of carbonyl (C=O) groups is 1. The molecule has 2 atom stereocenters. The first-order chi connectivity index (χ1) is 16.3. The first kappa shape index (κ1) is 19.9. The molecule has 2 aliphatic heterocycles. The molecule has 1 amide bonds. The minimum atomic E-state index is -0.759. The number of hydrogen-bond donors (Lipinski definition) is 1. The van der Waals surface area contributed by atoms with Crippen molar-refractivity contribution in [3.63, 3.8) is 0 Å². The molecule has 2 bridgehead atoms. The number of carbonyl (C=O) groups excluding carboxylic acids is 1. The fraction of sp³-hybridized carbons (Fsp3) is 0.423. The Balaban J connectivity index is 1.29. The van der Waals surface area contributed by atoms with Gasteiger partial charge in [0.2, 0.25) is 19.5 Å². The van der Waals surface area contributed by atoms with Crippen molar-refractivity contribution in [2.45, 2.75) is 51.0 Å². The van der Waals surface area contributed by atoms with Gasteiger partial charge in [-0.05, 0) is 36.0 Å². The molecule has 34 heavy (non-hydrogen) atoms. The van der Waals surface area contributed by atoms with E-state index >= 15 is 0 Å². The normalized spacial score (nSPS) is 26.7. The third kappa shape index (κ3) is 2.26. The van der Waals surface area contributed by atoms with Gasteiger partial charge < -0.3 is 24.3 Å².